The Balaban J connectivity index is 2.07. The molecule has 2 aromatic carbocycles. The number of anilines is 2. The Morgan fingerprint density at radius 2 is 1.04 bits per heavy atom. The molecule has 0 aliphatic carbocycles. The van der Waals surface area contributed by atoms with Crippen molar-refractivity contribution < 1.29 is 8.42 Å². The molecular weight excluding hydrogens is 336 g/mol. The second-order valence-electron chi connectivity index (χ2n) is 5.69. The van der Waals surface area contributed by atoms with E-state index in [4.69, 9.17) is 11.5 Å². The molecule has 2 aromatic rings. The van der Waals surface area contributed by atoms with Gasteiger partial charge in [-0.2, -0.15) is 0 Å². The number of sulfone groups is 1. The van der Waals surface area contributed by atoms with E-state index in [9.17, 15) is 8.42 Å². The van der Waals surface area contributed by atoms with Gasteiger partial charge in [-0.15, -0.1) is 0 Å². The van der Waals surface area contributed by atoms with Crippen LogP contribution in [0.4, 0.5) is 11.4 Å². The van der Waals surface area contributed by atoms with E-state index in [1.807, 2.05) is 0 Å². The zero-order valence-corrected chi connectivity index (χ0v) is 15.1. The molecule has 25 heavy (non-hydrogen) atoms. The molecule has 0 amide bonds. The number of hydrogen-bond acceptors (Lipinski definition) is 6. The van der Waals surface area contributed by atoms with Crippen molar-refractivity contribution in [2.75, 3.05) is 36.8 Å². The molecule has 136 valence electrons. The molecule has 0 aromatic heterocycles. The first kappa shape index (κ1) is 19.2. The molecular formula is C18H26N4O2S. The Kier molecular flexibility index (Phi) is 7.24. The Morgan fingerprint density at radius 3 is 1.36 bits per heavy atom. The van der Waals surface area contributed by atoms with Gasteiger partial charge >= 0.3 is 0 Å². The number of rotatable bonds is 10. The first-order valence-electron chi connectivity index (χ1n) is 8.41. The fourth-order valence-corrected chi connectivity index (χ4v) is 3.57. The number of nitrogens with two attached hydrogens (primary N) is 2. The van der Waals surface area contributed by atoms with Gasteiger partial charge in [0.1, 0.15) is 0 Å². The monoisotopic (exact) mass is 362 g/mol. The van der Waals surface area contributed by atoms with Gasteiger partial charge in [0.15, 0.2) is 0 Å². The summed E-state index contributed by atoms with van der Waals surface area (Å²) in [6, 6.07) is 13.6. The summed E-state index contributed by atoms with van der Waals surface area (Å²) in [5.74, 6) is 0. The maximum Gasteiger partial charge on any atom is 0.206 e. The predicted octanol–water partition coefficient (Wildman–Crippen LogP) is 2.04. The summed E-state index contributed by atoms with van der Waals surface area (Å²) in [5.41, 5.74) is 12.7. The van der Waals surface area contributed by atoms with Crippen LogP contribution in [0.5, 0.6) is 0 Å². The lowest BCUT2D eigenvalue weighted by Crippen LogP contribution is -2.09. The maximum atomic E-state index is 12.7. The molecule has 0 heterocycles. The van der Waals surface area contributed by atoms with Gasteiger partial charge in [0.2, 0.25) is 9.84 Å². The summed E-state index contributed by atoms with van der Waals surface area (Å²) in [7, 11) is -3.52. The van der Waals surface area contributed by atoms with Crippen molar-refractivity contribution in [1.29, 1.82) is 0 Å². The average molecular weight is 362 g/mol. The summed E-state index contributed by atoms with van der Waals surface area (Å²) in [5, 5.41) is 6.41. The molecule has 0 saturated heterocycles. The van der Waals surface area contributed by atoms with E-state index >= 15 is 0 Å². The van der Waals surface area contributed by atoms with Gasteiger partial charge in [0.25, 0.3) is 0 Å². The molecule has 0 radical (unpaired) electrons. The molecule has 6 nitrogen and oxygen atoms in total. The van der Waals surface area contributed by atoms with Crippen LogP contribution in [0.2, 0.25) is 0 Å². The lowest BCUT2D eigenvalue weighted by atomic mass is 10.3. The average Bonchev–Trinajstić information content (AvgIpc) is 2.63. The zero-order chi connectivity index (χ0) is 18.1. The maximum absolute atomic E-state index is 12.7. The van der Waals surface area contributed by atoms with Gasteiger partial charge in [0.05, 0.1) is 9.79 Å². The van der Waals surface area contributed by atoms with Crippen LogP contribution >= 0.6 is 0 Å². The highest BCUT2D eigenvalue weighted by Crippen LogP contribution is 2.23. The smallest absolute Gasteiger partial charge is 0.206 e. The van der Waals surface area contributed by atoms with Gasteiger partial charge < -0.3 is 22.1 Å². The van der Waals surface area contributed by atoms with Crippen molar-refractivity contribution in [3.63, 3.8) is 0 Å². The van der Waals surface area contributed by atoms with Gasteiger partial charge in [0, 0.05) is 24.5 Å². The van der Waals surface area contributed by atoms with Crippen LogP contribution in [-0.4, -0.2) is 34.6 Å². The van der Waals surface area contributed by atoms with Crippen LogP contribution in [0.3, 0.4) is 0 Å². The van der Waals surface area contributed by atoms with E-state index in [1.165, 1.54) is 0 Å². The third-order valence-corrected chi connectivity index (χ3v) is 5.53. The van der Waals surface area contributed by atoms with Crippen LogP contribution in [0.25, 0.3) is 0 Å². The highest BCUT2D eigenvalue weighted by molar-refractivity contribution is 7.91. The summed E-state index contributed by atoms with van der Waals surface area (Å²) in [6.07, 6.45) is 1.73. The van der Waals surface area contributed by atoms with Gasteiger partial charge in [-0.05, 0) is 74.5 Å². The van der Waals surface area contributed by atoms with Crippen LogP contribution in [0.15, 0.2) is 58.3 Å². The fraction of sp³-hybridized carbons (Fsp3) is 0.333. The Morgan fingerprint density at radius 1 is 0.680 bits per heavy atom. The van der Waals surface area contributed by atoms with Crippen molar-refractivity contribution in [3.05, 3.63) is 48.5 Å². The molecule has 2 rings (SSSR count). The first-order chi connectivity index (χ1) is 12.1. The van der Waals surface area contributed by atoms with E-state index in [2.05, 4.69) is 10.6 Å². The number of nitrogens with one attached hydrogen (secondary N) is 2. The van der Waals surface area contributed by atoms with Crippen molar-refractivity contribution in [2.45, 2.75) is 22.6 Å². The molecule has 0 spiro atoms. The van der Waals surface area contributed by atoms with Crippen LogP contribution in [-0.2, 0) is 9.84 Å². The third-order valence-electron chi connectivity index (χ3n) is 3.75. The summed E-state index contributed by atoms with van der Waals surface area (Å²) < 4.78 is 25.4. The van der Waals surface area contributed by atoms with Crippen LogP contribution in [0, 0.1) is 0 Å². The lowest BCUT2D eigenvalue weighted by molar-refractivity contribution is 0.596. The zero-order valence-electron chi connectivity index (χ0n) is 14.2. The number of benzene rings is 2. The van der Waals surface area contributed by atoms with Gasteiger partial charge in [-0.1, -0.05) is 0 Å². The topological polar surface area (TPSA) is 110 Å². The SMILES string of the molecule is NCCCNc1ccc(S(=O)(=O)c2ccc(NCCCN)cc2)cc1. The minimum absolute atomic E-state index is 0.278. The predicted molar refractivity (Wildman–Crippen MR) is 103 cm³/mol. The third kappa shape index (κ3) is 5.45. The quantitative estimate of drug-likeness (QED) is 0.482. The highest BCUT2D eigenvalue weighted by Gasteiger charge is 2.17. The number of hydrogen-bond donors (Lipinski definition) is 4. The molecule has 0 aliphatic rings. The minimum atomic E-state index is -3.52. The van der Waals surface area contributed by atoms with E-state index in [-0.39, 0.29) is 9.79 Å². The second kappa shape index (κ2) is 9.41. The fourth-order valence-electron chi connectivity index (χ4n) is 2.31. The second-order valence-corrected chi connectivity index (χ2v) is 7.64. The highest BCUT2D eigenvalue weighted by atomic mass is 32.2. The van der Waals surface area contributed by atoms with Gasteiger partial charge in [-0.3, -0.25) is 0 Å². The van der Waals surface area contributed by atoms with E-state index < -0.39 is 9.84 Å². The molecule has 0 saturated carbocycles. The Hall–Kier alpha value is -2.09. The van der Waals surface area contributed by atoms with Crippen LogP contribution in [0.1, 0.15) is 12.8 Å². The van der Waals surface area contributed by atoms with E-state index in [0.717, 1.165) is 37.3 Å². The largest absolute Gasteiger partial charge is 0.385 e. The lowest BCUT2D eigenvalue weighted by Gasteiger charge is -2.09. The molecule has 7 heteroatoms. The molecule has 0 aliphatic heterocycles. The minimum Gasteiger partial charge on any atom is -0.385 e. The first-order valence-corrected chi connectivity index (χ1v) is 9.89. The normalized spacial score (nSPS) is 11.3. The van der Waals surface area contributed by atoms with E-state index in [1.54, 1.807) is 48.5 Å². The molecule has 0 fully saturated rings. The van der Waals surface area contributed by atoms with E-state index in [0.29, 0.717) is 13.1 Å². The Bertz CT molecular complexity index is 684. The molecule has 0 bridgehead atoms. The summed E-state index contributed by atoms with van der Waals surface area (Å²) >= 11 is 0. The molecule has 0 atom stereocenters. The summed E-state index contributed by atoms with van der Waals surface area (Å²) in [4.78, 5) is 0.557. The van der Waals surface area contributed by atoms with Crippen molar-refractivity contribution in [1.82, 2.24) is 0 Å². The molecule has 6 N–H and O–H groups in total. The summed E-state index contributed by atoms with van der Waals surface area (Å²) in [6.45, 7) is 2.77. The molecule has 0 unspecified atom stereocenters. The Labute approximate surface area is 149 Å². The van der Waals surface area contributed by atoms with Gasteiger partial charge in [-0.25, -0.2) is 8.42 Å². The van der Waals surface area contributed by atoms with Crippen molar-refractivity contribution in [3.8, 4) is 0 Å². The van der Waals surface area contributed by atoms with Crippen molar-refractivity contribution >= 4 is 21.2 Å². The standard InChI is InChI=1S/C18H26N4O2S/c19-11-1-13-21-15-3-7-17(8-4-15)25(23,24)18-9-5-16(6-10-18)22-14-2-12-20/h3-10,21-22H,1-2,11-14,19-20H2. The van der Waals surface area contributed by atoms with Crippen molar-refractivity contribution in [2.24, 2.45) is 11.5 Å². The van der Waals surface area contributed by atoms with Crippen LogP contribution < -0.4 is 22.1 Å².